The molecule has 2 unspecified atom stereocenters. The second kappa shape index (κ2) is 23.7. The van der Waals surface area contributed by atoms with Gasteiger partial charge in [0, 0.05) is 19.4 Å². The van der Waals surface area contributed by atoms with Gasteiger partial charge < -0.3 is 28.5 Å². The second-order valence-corrected chi connectivity index (χ2v) is 13.0. The van der Waals surface area contributed by atoms with Gasteiger partial charge in [-0.1, -0.05) is 0 Å². The highest BCUT2D eigenvalue weighted by molar-refractivity contribution is 7.38. The third-order valence-corrected chi connectivity index (χ3v) is 7.42. The first-order valence-corrected chi connectivity index (χ1v) is 16.4. The molecule has 35 heavy (non-hydrogen) atoms. The van der Waals surface area contributed by atoms with Gasteiger partial charge >= 0.3 is 0 Å². The highest BCUT2D eigenvalue weighted by Crippen LogP contribution is 2.23. The van der Waals surface area contributed by atoms with Gasteiger partial charge in [-0.3, -0.25) is 0 Å². The molecule has 0 spiro atoms. The molecule has 212 valence electrons. The van der Waals surface area contributed by atoms with Crippen LogP contribution in [0.2, 0.25) is 0 Å². The SMILES string of the molecule is CC(C)OC(CCPCCC(CCPCCC(OC(C)C)OC(C)C)OCCCON)OC(C)C. The van der Waals surface area contributed by atoms with Gasteiger partial charge in [0.25, 0.3) is 0 Å². The average Bonchev–Trinajstić information content (AvgIpc) is 2.73. The molecule has 2 atom stereocenters. The first-order chi connectivity index (χ1) is 16.6. The van der Waals surface area contributed by atoms with E-state index in [1.54, 1.807) is 0 Å². The van der Waals surface area contributed by atoms with E-state index in [0.29, 0.717) is 19.3 Å². The molecule has 0 aliphatic rings. The summed E-state index contributed by atoms with van der Waals surface area (Å²) in [5.74, 6) is 5.15. The van der Waals surface area contributed by atoms with E-state index in [1.165, 1.54) is 12.3 Å². The van der Waals surface area contributed by atoms with Crippen LogP contribution in [0.15, 0.2) is 0 Å². The molecule has 0 saturated carbocycles. The Bertz CT molecular complexity index is 404. The summed E-state index contributed by atoms with van der Waals surface area (Å²) in [5.41, 5.74) is 0. The molecule has 0 aliphatic carbocycles. The maximum absolute atomic E-state index is 6.18. The molecular formula is C26H57NO6P2. The Morgan fingerprint density at radius 3 is 1.26 bits per heavy atom. The Morgan fingerprint density at radius 2 is 0.914 bits per heavy atom. The first-order valence-electron chi connectivity index (χ1n) is 13.6. The summed E-state index contributed by atoms with van der Waals surface area (Å²) in [7, 11) is 1.80. The van der Waals surface area contributed by atoms with E-state index in [2.05, 4.69) is 60.2 Å². The fourth-order valence-corrected chi connectivity index (χ4v) is 5.90. The molecule has 7 nitrogen and oxygen atoms in total. The molecule has 2 N–H and O–H groups in total. The quantitative estimate of drug-likeness (QED) is 0.0665. The Kier molecular flexibility index (Phi) is 24.1. The van der Waals surface area contributed by atoms with Crippen LogP contribution in [0.25, 0.3) is 0 Å². The van der Waals surface area contributed by atoms with Gasteiger partial charge in [-0.05, 0) is 99.3 Å². The van der Waals surface area contributed by atoms with Crippen molar-refractivity contribution in [2.24, 2.45) is 5.90 Å². The Hall–Kier alpha value is 0.580. The zero-order valence-electron chi connectivity index (χ0n) is 23.8. The van der Waals surface area contributed by atoms with Crippen LogP contribution >= 0.6 is 17.2 Å². The molecule has 0 rings (SSSR count). The summed E-state index contributed by atoms with van der Waals surface area (Å²) in [4.78, 5) is 4.68. The minimum absolute atomic E-state index is 0.102. The number of rotatable bonds is 25. The van der Waals surface area contributed by atoms with Crippen molar-refractivity contribution in [1.29, 1.82) is 0 Å². The largest absolute Gasteiger partial charge is 0.378 e. The lowest BCUT2D eigenvalue weighted by Gasteiger charge is -2.23. The van der Waals surface area contributed by atoms with Crippen LogP contribution in [0.3, 0.4) is 0 Å². The zero-order valence-corrected chi connectivity index (χ0v) is 25.8. The van der Waals surface area contributed by atoms with Gasteiger partial charge in [0.1, 0.15) is 0 Å². The topological polar surface area (TPSA) is 81.4 Å². The standard InChI is InChI=1S/C26H57NO6P2/c1-20(2)30-25(31-21(3)4)12-18-34-16-10-24(28-14-9-15-29-27)11-17-35-19-13-26(32-22(5)6)33-23(7)8/h20-26,34-35H,9-19,27H2,1-8H3. The maximum Gasteiger partial charge on any atom is 0.158 e. The van der Waals surface area contributed by atoms with E-state index >= 15 is 0 Å². The van der Waals surface area contributed by atoms with Crippen LogP contribution in [0.4, 0.5) is 0 Å². The van der Waals surface area contributed by atoms with Gasteiger partial charge in [-0.15, -0.1) is 17.2 Å². The van der Waals surface area contributed by atoms with Crippen molar-refractivity contribution in [3.8, 4) is 0 Å². The summed E-state index contributed by atoms with van der Waals surface area (Å²) in [5, 5.41) is 0. The predicted molar refractivity (Wildman–Crippen MR) is 152 cm³/mol. The molecule has 0 bridgehead atoms. The molecule has 0 radical (unpaired) electrons. The van der Waals surface area contributed by atoms with Crippen molar-refractivity contribution in [3.63, 3.8) is 0 Å². The smallest absolute Gasteiger partial charge is 0.158 e. The van der Waals surface area contributed by atoms with Crippen molar-refractivity contribution in [2.45, 2.75) is 131 Å². The van der Waals surface area contributed by atoms with Gasteiger partial charge in [0.05, 0.1) is 37.1 Å². The minimum atomic E-state index is -0.102. The summed E-state index contributed by atoms with van der Waals surface area (Å²) >= 11 is 0. The van der Waals surface area contributed by atoms with E-state index in [-0.39, 0.29) is 37.0 Å². The first kappa shape index (κ1) is 35.6. The van der Waals surface area contributed by atoms with Gasteiger partial charge in [-0.2, -0.15) is 0 Å². The fourth-order valence-electron chi connectivity index (χ4n) is 3.47. The van der Waals surface area contributed by atoms with Crippen LogP contribution in [-0.4, -0.2) is 81.0 Å². The lowest BCUT2D eigenvalue weighted by molar-refractivity contribution is -0.181. The normalized spacial score (nSPS) is 14.1. The minimum Gasteiger partial charge on any atom is -0.378 e. The number of hydrogen-bond acceptors (Lipinski definition) is 7. The Morgan fingerprint density at radius 1 is 0.543 bits per heavy atom. The molecule has 0 aromatic carbocycles. The molecular weight excluding hydrogens is 484 g/mol. The lowest BCUT2D eigenvalue weighted by Crippen LogP contribution is -2.25. The second-order valence-electron chi connectivity index (χ2n) is 9.97. The molecule has 0 amide bonds. The predicted octanol–water partition coefficient (Wildman–Crippen LogP) is 5.92. The Labute approximate surface area is 220 Å². The van der Waals surface area contributed by atoms with Crippen LogP contribution < -0.4 is 5.90 Å². The monoisotopic (exact) mass is 541 g/mol. The molecule has 0 aromatic heterocycles. The van der Waals surface area contributed by atoms with E-state index in [9.17, 15) is 0 Å². The lowest BCUT2D eigenvalue weighted by atomic mass is 10.2. The molecule has 9 heteroatoms. The third-order valence-electron chi connectivity index (χ3n) is 4.86. The molecule has 0 aliphatic heterocycles. The fraction of sp³-hybridized carbons (Fsp3) is 1.00. The van der Waals surface area contributed by atoms with Crippen LogP contribution in [0.5, 0.6) is 0 Å². The van der Waals surface area contributed by atoms with Crippen molar-refractivity contribution in [1.82, 2.24) is 0 Å². The molecule has 0 saturated heterocycles. The van der Waals surface area contributed by atoms with Gasteiger partial charge in [0.15, 0.2) is 12.6 Å². The summed E-state index contributed by atoms with van der Waals surface area (Å²) in [6.07, 6.45) is 10.4. The third kappa shape index (κ3) is 24.7. The van der Waals surface area contributed by atoms with Gasteiger partial charge in [0.2, 0.25) is 0 Å². The maximum atomic E-state index is 6.18. The average molecular weight is 542 g/mol. The van der Waals surface area contributed by atoms with Crippen molar-refractivity contribution >= 4 is 17.2 Å². The van der Waals surface area contributed by atoms with Crippen LogP contribution in [0, 0.1) is 0 Å². The van der Waals surface area contributed by atoms with Crippen molar-refractivity contribution < 1.29 is 28.5 Å². The van der Waals surface area contributed by atoms with E-state index in [0.717, 1.165) is 61.6 Å². The highest BCUT2D eigenvalue weighted by atomic mass is 31.1. The molecule has 0 fully saturated rings. The van der Waals surface area contributed by atoms with Crippen molar-refractivity contribution in [2.75, 3.05) is 37.9 Å². The summed E-state index contributed by atoms with van der Waals surface area (Å²) < 4.78 is 29.9. The van der Waals surface area contributed by atoms with E-state index in [1.807, 2.05) is 0 Å². The Balaban J connectivity index is 4.33. The highest BCUT2D eigenvalue weighted by Gasteiger charge is 2.15. The van der Waals surface area contributed by atoms with Crippen LogP contribution in [-0.2, 0) is 28.5 Å². The number of nitrogens with two attached hydrogens (primary N) is 1. The van der Waals surface area contributed by atoms with Gasteiger partial charge in [-0.25, -0.2) is 5.90 Å². The summed E-state index contributed by atoms with van der Waals surface area (Å²) in [6.45, 7) is 17.7. The molecule has 0 aromatic rings. The zero-order chi connectivity index (χ0) is 26.5. The van der Waals surface area contributed by atoms with E-state index < -0.39 is 0 Å². The summed E-state index contributed by atoms with van der Waals surface area (Å²) in [6, 6.07) is 0. The van der Waals surface area contributed by atoms with Crippen LogP contribution in [0.1, 0.15) is 87.5 Å². The van der Waals surface area contributed by atoms with Crippen molar-refractivity contribution in [3.05, 3.63) is 0 Å². The van der Waals surface area contributed by atoms with E-state index in [4.69, 9.17) is 29.6 Å². The number of hydrogen-bond donors (Lipinski definition) is 1. The molecule has 0 heterocycles. The number of ether oxygens (including phenoxy) is 5.